The number of nitrogens with one attached hydrogen (secondary N) is 1. The molecule has 0 radical (unpaired) electrons. The smallest absolute Gasteiger partial charge is 0.208 e. The maximum atomic E-state index is 5.60. The Bertz CT molecular complexity index is 272. The number of aliphatic imine (C=N–C) groups is 1. The van der Waals surface area contributed by atoms with Gasteiger partial charge in [0, 0.05) is 45.4 Å². The van der Waals surface area contributed by atoms with Gasteiger partial charge < -0.3 is 9.64 Å². The van der Waals surface area contributed by atoms with Gasteiger partial charge in [-0.15, -0.1) is 0 Å². The van der Waals surface area contributed by atoms with Crippen LogP contribution in [0.15, 0.2) is 4.99 Å². The maximum absolute atomic E-state index is 5.60. The minimum atomic E-state index is 0.579. The van der Waals surface area contributed by atoms with Crippen LogP contribution in [0.1, 0.15) is 26.7 Å². The van der Waals surface area contributed by atoms with Gasteiger partial charge in [0.05, 0.1) is 0 Å². The van der Waals surface area contributed by atoms with Crippen molar-refractivity contribution in [3.8, 4) is 0 Å². The van der Waals surface area contributed by atoms with Crippen molar-refractivity contribution in [1.29, 1.82) is 0 Å². The Labute approximate surface area is 117 Å². The predicted molar refractivity (Wildman–Crippen MR) is 79.0 cm³/mol. The Morgan fingerprint density at radius 2 is 2.21 bits per heavy atom. The molecule has 1 atom stereocenters. The van der Waals surface area contributed by atoms with E-state index in [1.54, 1.807) is 0 Å². The van der Waals surface area contributed by atoms with Crippen LogP contribution in [0, 0.1) is 0 Å². The average molecular weight is 271 g/mol. The standard InChI is InChI=1S/C13H29N5O/c1-4-12-11-18(9-8-17(12)3)13(16-14)15-7-6-10-19-5-2/h12H,4-11,14H2,1-3H3,(H,15,16). The minimum absolute atomic E-state index is 0.579. The van der Waals surface area contributed by atoms with Crippen LogP contribution in [-0.2, 0) is 4.74 Å². The van der Waals surface area contributed by atoms with E-state index in [0.717, 1.165) is 58.2 Å². The molecule has 0 bridgehead atoms. The highest BCUT2D eigenvalue weighted by Crippen LogP contribution is 2.10. The van der Waals surface area contributed by atoms with Gasteiger partial charge in [0.25, 0.3) is 0 Å². The molecule has 0 aromatic rings. The lowest BCUT2D eigenvalue weighted by molar-refractivity contribution is 0.134. The second-order valence-corrected chi connectivity index (χ2v) is 4.89. The van der Waals surface area contributed by atoms with Crippen LogP contribution in [0.25, 0.3) is 0 Å². The van der Waals surface area contributed by atoms with E-state index in [0.29, 0.717) is 6.04 Å². The van der Waals surface area contributed by atoms with E-state index in [4.69, 9.17) is 10.6 Å². The molecule has 1 aliphatic heterocycles. The number of nitrogens with zero attached hydrogens (tertiary/aromatic N) is 3. The number of piperazine rings is 1. The van der Waals surface area contributed by atoms with Gasteiger partial charge in [0.1, 0.15) is 0 Å². The summed E-state index contributed by atoms with van der Waals surface area (Å²) in [5.41, 5.74) is 2.74. The lowest BCUT2D eigenvalue weighted by atomic mass is 10.1. The summed E-state index contributed by atoms with van der Waals surface area (Å²) in [4.78, 5) is 9.19. The van der Waals surface area contributed by atoms with Gasteiger partial charge in [-0.1, -0.05) is 6.92 Å². The lowest BCUT2D eigenvalue weighted by Crippen LogP contribution is -2.57. The topological polar surface area (TPSA) is 66.1 Å². The molecule has 1 heterocycles. The van der Waals surface area contributed by atoms with Crippen LogP contribution in [-0.4, -0.2) is 68.2 Å². The van der Waals surface area contributed by atoms with Crippen molar-refractivity contribution in [2.45, 2.75) is 32.7 Å². The zero-order valence-electron chi connectivity index (χ0n) is 12.6. The maximum Gasteiger partial charge on any atom is 0.208 e. The molecule has 0 amide bonds. The molecular weight excluding hydrogens is 242 g/mol. The molecule has 1 saturated heterocycles. The first-order valence-electron chi connectivity index (χ1n) is 7.26. The molecule has 0 aromatic heterocycles. The number of nitrogens with two attached hydrogens (primary N) is 1. The Hall–Kier alpha value is -0.850. The van der Waals surface area contributed by atoms with Gasteiger partial charge in [-0.3, -0.25) is 15.3 Å². The minimum Gasteiger partial charge on any atom is -0.382 e. The number of rotatable bonds is 6. The third-order valence-corrected chi connectivity index (χ3v) is 3.59. The molecule has 1 unspecified atom stereocenters. The predicted octanol–water partition coefficient (Wildman–Crippen LogP) is 0.258. The first-order valence-corrected chi connectivity index (χ1v) is 7.26. The molecule has 0 spiro atoms. The molecule has 3 N–H and O–H groups in total. The fourth-order valence-corrected chi connectivity index (χ4v) is 2.31. The second kappa shape index (κ2) is 9.12. The van der Waals surface area contributed by atoms with Gasteiger partial charge in [-0.25, -0.2) is 5.84 Å². The zero-order chi connectivity index (χ0) is 14.1. The highest BCUT2D eigenvalue weighted by atomic mass is 16.5. The molecule has 0 saturated carbocycles. The molecule has 19 heavy (non-hydrogen) atoms. The number of hydrogen-bond acceptors (Lipinski definition) is 4. The summed E-state index contributed by atoms with van der Waals surface area (Å²) in [6.45, 7) is 9.52. The van der Waals surface area contributed by atoms with E-state index >= 15 is 0 Å². The fraction of sp³-hybridized carbons (Fsp3) is 0.923. The summed E-state index contributed by atoms with van der Waals surface area (Å²) in [5, 5.41) is 0. The lowest BCUT2D eigenvalue weighted by Gasteiger charge is -2.40. The zero-order valence-corrected chi connectivity index (χ0v) is 12.6. The van der Waals surface area contributed by atoms with E-state index in [1.165, 1.54) is 0 Å². The van der Waals surface area contributed by atoms with E-state index in [-0.39, 0.29) is 0 Å². The highest BCUT2D eigenvalue weighted by molar-refractivity contribution is 5.79. The highest BCUT2D eigenvalue weighted by Gasteiger charge is 2.24. The molecule has 0 aliphatic carbocycles. The Morgan fingerprint density at radius 1 is 1.42 bits per heavy atom. The summed E-state index contributed by atoms with van der Waals surface area (Å²) < 4.78 is 5.30. The first kappa shape index (κ1) is 16.2. The van der Waals surface area contributed by atoms with Crippen LogP contribution in [0.4, 0.5) is 0 Å². The average Bonchev–Trinajstić information content (AvgIpc) is 2.44. The largest absolute Gasteiger partial charge is 0.382 e. The fourth-order valence-electron chi connectivity index (χ4n) is 2.31. The molecule has 1 fully saturated rings. The normalized spacial score (nSPS) is 21.8. The van der Waals surface area contributed by atoms with Gasteiger partial charge in [0.15, 0.2) is 0 Å². The Morgan fingerprint density at radius 3 is 2.84 bits per heavy atom. The van der Waals surface area contributed by atoms with Crippen molar-refractivity contribution >= 4 is 5.96 Å². The van der Waals surface area contributed by atoms with Gasteiger partial charge >= 0.3 is 0 Å². The molecular formula is C13H29N5O. The number of guanidine groups is 1. The van der Waals surface area contributed by atoms with Crippen molar-refractivity contribution in [3.63, 3.8) is 0 Å². The number of ether oxygens (including phenoxy) is 1. The number of likely N-dealkylation sites (N-methyl/N-ethyl adjacent to an activating group) is 1. The van der Waals surface area contributed by atoms with Crippen molar-refractivity contribution < 1.29 is 4.74 Å². The summed E-state index contributed by atoms with van der Waals surface area (Å²) in [6, 6.07) is 0.579. The number of hydrazine groups is 1. The van der Waals surface area contributed by atoms with Gasteiger partial charge in [-0.05, 0) is 26.8 Å². The first-order chi connectivity index (χ1) is 9.22. The SMILES string of the molecule is CCOCCCN=C(NN)N1CCN(C)C(CC)C1. The summed E-state index contributed by atoms with van der Waals surface area (Å²) >= 11 is 0. The molecule has 6 nitrogen and oxygen atoms in total. The van der Waals surface area contributed by atoms with Gasteiger partial charge in [0.2, 0.25) is 5.96 Å². The molecule has 6 heteroatoms. The quantitative estimate of drug-likeness (QED) is 0.238. The molecule has 112 valence electrons. The summed E-state index contributed by atoms with van der Waals surface area (Å²) in [7, 11) is 2.18. The van der Waals surface area contributed by atoms with E-state index in [2.05, 4.69) is 34.2 Å². The van der Waals surface area contributed by atoms with Crippen LogP contribution in [0.5, 0.6) is 0 Å². The molecule has 1 rings (SSSR count). The monoisotopic (exact) mass is 271 g/mol. The third-order valence-electron chi connectivity index (χ3n) is 3.59. The summed E-state index contributed by atoms with van der Waals surface area (Å²) in [6.07, 6.45) is 2.08. The molecule has 1 aliphatic rings. The number of hydrogen-bond donors (Lipinski definition) is 2. The van der Waals surface area contributed by atoms with E-state index in [1.807, 2.05) is 6.92 Å². The van der Waals surface area contributed by atoms with Crippen molar-refractivity contribution in [2.75, 3.05) is 46.4 Å². The van der Waals surface area contributed by atoms with Crippen LogP contribution in [0.2, 0.25) is 0 Å². The van der Waals surface area contributed by atoms with E-state index in [9.17, 15) is 0 Å². The molecule has 0 aromatic carbocycles. The Balaban J connectivity index is 2.43. The van der Waals surface area contributed by atoms with Crippen LogP contribution >= 0.6 is 0 Å². The van der Waals surface area contributed by atoms with Crippen molar-refractivity contribution in [2.24, 2.45) is 10.8 Å². The van der Waals surface area contributed by atoms with Gasteiger partial charge in [-0.2, -0.15) is 0 Å². The van der Waals surface area contributed by atoms with E-state index < -0.39 is 0 Å². The van der Waals surface area contributed by atoms with Crippen LogP contribution < -0.4 is 11.3 Å². The second-order valence-electron chi connectivity index (χ2n) is 4.89. The third kappa shape index (κ3) is 5.34. The summed E-state index contributed by atoms with van der Waals surface area (Å²) in [5.74, 6) is 6.41. The van der Waals surface area contributed by atoms with Crippen LogP contribution in [0.3, 0.4) is 0 Å². The van der Waals surface area contributed by atoms with Crippen molar-refractivity contribution in [1.82, 2.24) is 15.2 Å². The Kier molecular flexibility index (Phi) is 7.78. The van der Waals surface area contributed by atoms with Crippen molar-refractivity contribution in [3.05, 3.63) is 0 Å².